The van der Waals surface area contributed by atoms with Crippen LogP contribution in [0.3, 0.4) is 0 Å². The smallest absolute Gasteiger partial charge is 0.326 e. The Bertz CT molecular complexity index is 648. The van der Waals surface area contributed by atoms with Gasteiger partial charge < -0.3 is 31.9 Å². The molecule has 0 bridgehead atoms. The van der Waals surface area contributed by atoms with Crippen LogP contribution in [0.15, 0.2) is 0 Å². The largest absolute Gasteiger partial charge is 0.481 e. The molecular weight excluding hydrogens is 448 g/mol. The van der Waals surface area contributed by atoms with E-state index in [2.05, 4.69) is 41.2 Å². The fourth-order valence-corrected chi connectivity index (χ4v) is 2.96. The zero-order chi connectivity index (χ0) is 24.1. The molecule has 0 saturated heterocycles. The Hall–Kier alpha value is -1.99. The van der Waals surface area contributed by atoms with Crippen molar-refractivity contribution in [1.29, 1.82) is 0 Å². The Morgan fingerprint density at radius 3 is 1.81 bits per heavy atom. The molecule has 13 heteroatoms. The van der Waals surface area contributed by atoms with Gasteiger partial charge in [-0.1, -0.05) is 13.8 Å². The van der Waals surface area contributed by atoms with Crippen LogP contribution >= 0.6 is 25.3 Å². The number of nitrogens with two attached hydrogens (primary N) is 1. The zero-order valence-electron chi connectivity index (χ0n) is 17.5. The lowest BCUT2D eigenvalue weighted by Crippen LogP contribution is -2.57. The number of hydrogen-bond donors (Lipinski definition) is 8. The van der Waals surface area contributed by atoms with Gasteiger partial charge in [0.2, 0.25) is 17.7 Å². The monoisotopic (exact) mass is 480 g/mol. The van der Waals surface area contributed by atoms with Gasteiger partial charge in [-0.2, -0.15) is 25.3 Å². The lowest BCUT2D eigenvalue weighted by Gasteiger charge is -2.25. The summed E-state index contributed by atoms with van der Waals surface area (Å²) in [6.45, 7) is 3.62. The van der Waals surface area contributed by atoms with Gasteiger partial charge in [-0.05, 0) is 30.9 Å². The summed E-state index contributed by atoms with van der Waals surface area (Å²) in [5, 5.41) is 25.4. The van der Waals surface area contributed by atoms with E-state index in [9.17, 15) is 29.1 Å². The second kappa shape index (κ2) is 14.9. The zero-order valence-corrected chi connectivity index (χ0v) is 19.3. The molecule has 0 saturated carbocycles. The summed E-state index contributed by atoms with van der Waals surface area (Å²) in [5.41, 5.74) is 5.59. The quantitative estimate of drug-likeness (QED) is 0.137. The van der Waals surface area contributed by atoms with E-state index >= 15 is 0 Å². The maximum atomic E-state index is 12.8. The van der Waals surface area contributed by atoms with Crippen molar-refractivity contribution in [2.45, 2.75) is 63.7 Å². The maximum Gasteiger partial charge on any atom is 0.326 e. The topological polar surface area (TPSA) is 188 Å². The van der Waals surface area contributed by atoms with Crippen LogP contribution in [0.2, 0.25) is 0 Å². The van der Waals surface area contributed by atoms with Gasteiger partial charge in [0.15, 0.2) is 0 Å². The van der Waals surface area contributed by atoms with Gasteiger partial charge in [0.25, 0.3) is 0 Å². The van der Waals surface area contributed by atoms with Gasteiger partial charge in [-0.15, -0.1) is 0 Å². The predicted molar refractivity (Wildman–Crippen MR) is 120 cm³/mol. The van der Waals surface area contributed by atoms with Crippen LogP contribution < -0.4 is 21.7 Å². The average Bonchev–Trinajstić information content (AvgIpc) is 2.68. The summed E-state index contributed by atoms with van der Waals surface area (Å²) in [4.78, 5) is 59.7. The molecule has 3 amide bonds. The highest BCUT2D eigenvalue weighted by Crippen LogP contribution is 2.08. The number of aliphatic carboxylic acids is 2. The molecule has 0 aromatic rings. The minimum Gasteiger partial charge on any atom is -0.481 e. The third-order valence-corrected chi connectivity index (χ3v) is 4.84. The van der Waals surface area contributed by atoms with E-state index in [0.29, 0.717) is 0 Å². The van der Waals surface area contributed by atoms with Gasteiger partial charge in [0.1, 0.15) is 18.1 Å². The summed E-state index contributed by atoms with van der Waals surface area (Å²) in [6.07, 6.45) is -0.343. The van der Waals surface area contributed by atoms with E-state index in [4.69, 9.17) is 10.8 Å². The molecule has 4 atom stereocenters. The molecule has 0 aliphatic carbocycles. The van der Waals surface area contributed by atoms with Crippen molar-refractivity contribution < 1.29 is 34.2 Å². The molecule has 0 aromatic heterocycles. The third-order valence-electron chi connectivity index (χ3n) is 4.19. The molecular formula is C18H32N4O7S2. The maximum absolute atomic E-state index is 12.8. The van der Waals surface area contributed by atoms with Crippen LogP contribution in [-0.4, -0.2) is 75.5 Å². The first-order valence-electron chi connectivity index (χ1n) is 9.75. The average molecular weight is 481 g/mol. The molecule has 0 spiro atoms. The number of carbonyl (C=O) groups excluding carboxylic acids is 3. The van der Waals surface area contributed by atoms with Crippen molar-refractivity contribution in [2.24, 2.45) is 11.7 Å². The van der Waals surface area contributed by atoms with Crippen molar-refractivity contribution in [3.05, 3.63) is 0 Å². The number of nitrogens with one attached hydrogen (secondary N) is 3. The van der Waals surface area contributed by atoms with Crippen molar-refractivity contribution in [3.63, 3.8) is 0 Å². The minimum absolute atomic E-state index is 0.0131. The number of amides is 3. The Morgan fingerprint density at radius 1 is 0.839 bits per heavy atom. The molecule has 0 heterocycles. The lowest BCUT2D eigenvalue weighted by atomic mass is 10.0. The number of carboxylic acids is 2. The van der Waals surface area contributed by atoms with Gasteiger partial charge >= 0.3 is 11.9 Å². The van der Waals surface area contributed by atoms with Crippen molar-refractivity contribution in [3.8, 4) is 0 Å². The molecule has 0 aliphatic rings. The van der Waals surface area contributed by atoms with E-state index in [1.165, 1.54) is 0 Å². The highest BCUT2D eigenvalue weighted by atomic mass is 32.1. The van der Waals surface area contributed by atoms with Crippen LogP contribution in [0.5, 0.6) is 0 Å². The minimum atomic E-state index is -1.25. The number of thiol groups is 2. The molecule has 7 N–H and O–H groups in total. The summed E-state index contributed by atoms with van der Waals surface area (Å²) in [5.74, 6) is -4.36. The molecule has 0 rings (SSSR count). The first kappa shape index (κ1) is 29.0. The molecule has 0 unspecified atom stereocenters. The molecule has 178 valence electrons. The second-order valence-corrected chi connectivity index (χ2v) is 8.20. The Morgan fingerprint density at radius 2 is 1.35 bits per heavy atom. The van der Waals surface area contributed by atoms with Gasteiger partial charge in [0.05, 0.1) is 6.04 Å². The molecule has 11 nitrogen and oxygen atoms in total. The van der Waals surface area contributed by atoms with Gasteiger partial charge in [-0.25, -0.2) is 4.79 Å². The molecule has 0 aliphatic heterocycles. The number of carboxylic acid groups (broad SMARTS) is 2. The van der Waals surface area contributed by atoms with Crippen LogP contribution in [-0.2, 0) is 24.0 Å². The summed E-state index contributed by atoms with van der Waals surface area (Å²) < 4.78 is 0. The highest BCUT2D eigenvalue weighted by Gasteiger charge is 2.30. The molecule has 0 fully saturated rings. The molecule has 0 radical (unpaired) electrons. The Labute approximate surface area is 192 Å². The van der Waals surface area contributed by atoms with E-state index in [1.54, 1.807) is 0 Å². The number of hydrogen-bond acceptors (Lipinski definition) is 8. The van der Waals surface area contributed by atoms with Gasteiger partial charge in [0, 0.05) is 12.2 Å². The first-order valence-corrected chi connectivity index (χ1v) is 11.0. The third kappa shape index (κ3) is 11.8. The molecule has 0 aromatic carbocycles. The van der Waals surface area contributed by atoms with Crippen LogP contribution in [0.1, 0.15) is 39.5 Å². The summed E-state index contributed by atoms with van der Waals surface area (Å²) in [6, 6.07) is -4.51. The molecule has 31 heavy (non-hydrogen) atoms. The standard InChI is InChI=1S/C18H32N4O7S2/c1-9(2)7-13(17(27)21-12(5-6-30)18(28)29)22-16(26)11(3-4-14(23)24)20-15(25)10(19)8-31/h9-13,30-31H,3-8,19H2,1-2H3,(H,20,25)(H,21,27)(H,22,26)(H,23,24)(H,28,29)/t10-,11-,12-,13-/m0/s1. The summed E-state index contributed by atoms with van der Waals surface area (Å²) >= 11 is 7.89. The van der Waals surface area contributed by atoms with Crippen molar-refractivity contribution in [2.75, 3.05) is 11.5 Å². The van der Waals surface area contributed by atoms with E-state index in [1.807, 2.05) is 13.8 Å². The predicted octanol–water partition coefficient (Wildman–Crippen LogP) is -0.987. The van der Waals surface area contributed by atoms with Gasteiger partial charge in [-0.3, -0.25) is 19.2 Å². The highest BCUT2D eigenvalue weighted by molar-refractivity contribution is 7.80. The lowest BCUT2D eigenvalue weighted by molar-refractivity contribution is -0.142. The first-order chi connectivity index (χ1) is 14.4. The van der Waals surface area contributed by atoms with E-state index in [-0.39, 0.29) is 36.7 Å². The van der Waals surface area contributed by atoms with E-state index < -0.39 is 60.2 Å². The normalized spacial score (nSPS) is 14.8. The Kier molecular flexibility index (Phi) is 14.0. The van der Waals surface area contributed by atoms with Crippen LogP contribution in [0, 0.1) is 5.92 Å². The van der Waals surface area contributed by atoms with Crippen LogP contribution in [0.25, 0.3) is 0 Å². The van der Waals surface area contributed by atoms with Crippen molar-refractivity contribution >= 4 is 54.9 Å². The van der Waals surface area contributed by atoms with Crippen LogP contribution in [0.4, 0.5) is 0 Å². The fraction of sp³-hybridized carbons (Fsp3) is 0.722. The second-order valence-electron chi connectivity index (χ2n) is 7.39. The number of carbonyl (C=O) groups is 5. The Balaban J connectivity index is 5.46. The SMILES string of the molecule is CC(C)C[C@H](NC(=O)[C@H](CCC(=O)O)NC(=O)[C@@H](N)CS)C(=O)N[C@@H](CCS)C(=O)O. The summed E-state index contributed by atoms with van der Waals surface area (Å²) in [7, 11) is 0. The van der Waals surface area contributed by atoms with E-state index in [0.717, 1.165) is 0 Å². The van der Waals surface area contributed by atoms with Crippen molar-refractivity contribution in [1.82, 2.24) is 16.0 Å². The number of rotatable bonds is 15. The fourth-order valence-electron chi connectivity index (χ4n) is 2.53.